The van der Waals surface area contributed by atoms with E-state index in [-0.39, 0.29) is 11.0 Å². The third-order valence-electron chi connectivity index (χ3n) is 1.000. The molecule has 0 heterocycles. The average Bonchev–Trinajstić information content (AvgIpc) is 1.93. The van der Waals surface area contributed by atoms with E-state index in [4.69, 9.17) is 0 Å². The molecule has 0 aromatic rings. The summed E-state index contributed by atoms with van der Waals surface area (Å²) >= 11 is 0. The molecule has 0 saturated heterocycles. The van der Waals surface area contributed by atoms with Crippen LogP contribution in [0.3, 0.4) is 0 Å². The van der Waals surface area contributed by atoms with Crippen molar-refractivity contribution >= 4 is 0 Å². The van der Waals surface area contributed by atoms with Crippen molar-refractivity contribution in [3.63, 3.8) is 0 Å². The first kappa shape index (κ1) is 22.6. The summed E-state index contributed by atoms with van der Waals surface area (Å²) in [5.74, 6) is 0. The molecule has 0 atom stereocenters. The van der Waals surface area contributed by atoms with Crippen LogP contribution in [0.15, 0.2) is 0 Å². The Morgan fingerprint density at radius 1 is 0.583 bits per heavy atom. The van der Waals surface area contributed by atoms with Crippen LogP contribution >= 0.6 is 0 Å². The first-order valence-electron chi connectivity index (χ1n) is 4.24. The van der Waals surface area contributed by atoms with Crippen LogP contribution in [0.1, 0.15) is 27.7 Å². The minimum Gasteiger partial charge on any atom is -0.412 e. The fourth-order valence-corrected chi connectivity index (χ4v) is 0.500. The van der Waals surface area contributed by atoms with Crippen LogP contribution in [0.5, 0.6) is 0 Å². The van der Waals surface area contributed by atoms with Gasteiger partial charge in [-0.2, -0.15) is 0 Å². The van der Waals surface area contributed by atoms with Gasteiger partial charge in [0.15, 0.2) is 0 Å². The van der Waals surface area contributed by atoms with E-state index in [9.17, 15) is 0 Å². The van der Waals surface area contributed by atoms with Crippen molar-refractivity contribution in [3.8, 4) is 0 Å². The number of hydrogen-bond acceptors (Lipinski definition) is 2. The molecule has 0 bridgehead atoms. The van der Waals surface area contributed by atoms with Gasteiger partial charge in [-0.15, -0.1) is 0 Å². The van der Waals surface area contributed by atoms with E-state index in [0.717, 1.165) is 26.2 Å². The van der Waals surface area contributed by atoms with Gasteiger partial charge >= 0.3 is 0 Å². The lowest BCUT2D eigenvalue weighted by atomic mass is 10.7. The van der Waals surface area contributed by atoms with E-state index in [1.165, 1.54) is 0 Å². The van der Waals surface area contributed by atoms with Crippen LogP contribution in [0.2, 0.25) is 0 Å². The van der Waals surface area contributed by atoms with Crippen molar-refractivity contribution < 1.29 is 11.0 Å². The van der Waals surface area contributed by atoms with Crippen molar-refractivity contribution in [3.05, 3.63) is 0 Å². The number of hydrogen-bond donors (Lipinski definition) is 2. The van der Waals surface area contributed by atoms with Crippen molar-refractivity contribution in [2.45, 2.75) is 27.7 Å². The highest BCUT2D eigenvalue weighted by Gasteiger charge is 1.63. The van der Waals surface area contributed by atoms with Gasteiger partial charge in [0.1, 0.15) is 0 Å². The Kier molecular flexibility index (Phi) is 58.0. The molecule has 0 aromatic heterocycles. The van der Waals surface area contributed by atoms with Gasteiger partial charge in [-0.05, 0) is 26.2 Å². The normalized spacial score (nSPS) is 7.00. The molecule has 0 fully saturated rings. The summed E-state index contributed by atoms with van der Waals surface area (Å²) in [5.41, 5.74) is 0. The second-order valence-corrected chi connectivity index (χ2v) is 1.91. The Hall–Kier alpha value is -0.160. The molecule has 0 aromatic carbocycles. The molecule has 0 saturated carbocycles. The van der Waals surface area contributed by atoms with Gasteiger partial charge < -0.3 is 21.6 Å². The Morgan fingerprint density at radius 2 is 0.750 bits per heavy atom. The predicted octanol–water partition coefficient (Wildman–Crippen LogP) is -0.418. The van der Waals surface area contributed by atoms with E-state index < -0.39 is 0 Å². The van der Waals surface area contributed by atoms with Crippen LogP contribution in [-0.2, 0) is 0 Å². The van der Waals surface area contributed by atoms with E-state index >= 15 is 0 Å². The maximum absolute atomic E-state index is 3.11. The molecule has 0 radical (unpaired) electrons. The summed E-state index contributed by atoms with van der Waals surface area (Å²) in [6.45, 7) is 12.8. The van der Waals surface area contributed by atoms with Crippen molar-refractivity contribution in [2.75, 3.05) is 26.2 Å². The molecule has 0 aliphatic rings. The van der Waals surface area contributed by atoms with E-state index in [1.54, 1.807) is 0 Å². The highest BCUT2D eigenvalue weighted by Crippen LogP contribution is 1.48. The zero-order valence-electron chi connectivity index (χ0n) is 8.83. The van der Waals surface area contributed by atoms with Gasteiger partial charge in [0, 0.05) is 0 Å². The third kappa shape index (κ3) is 52.1. The molecular weight excluding hydrogens is 156 g/mol. The summed E-state index contributed by atoms with van der Waals surface area (Å²) in [6, 6.07) is 0. The van der Waals surface area contributed by atoms with Gasteiger partial charge in [0.2, 0.25) is 0 Å². The smallest absolute Gasteiger partial charge is 0.00775 e. The largest absolute Gasteiger partial charge is 0.412 e. The maximum Gasteiger partial charge on any atom is -0.00775 e. The number of nitrogens with one attached hydrogen (secondary N) is 2. The summed E-state index contributed by atoms with van der Waals surface area (Å²) in [7, 11) is 0. The van der Waals surface area contributed by atoms with Crippen molar-refractivity contribution in [2.24, 2.45) is 0 Å². The lowest BCUT2D eigenvalue weighted by Crippen LogP contribution is -2.09. The zero-order valence-corrected chi connectivity index (χ0v) is 8.83. The first-order chi connectivity index (χ1) is 4.83. The summed E-state index contributed by atoms with van der Waals surface area (Å²) in [4.78, 5) is 0. The first-order valence-corrected chi connectivity index (χ1v) is 4.24. The number of rotatable bonds is 4. The van der Waals surface area contributed by atoms with Gasteiger partial charge in [-0.1, -0.05) is 27.7 Å². The molecular formula is C8H26N2O2. The molecule has 6 N–H and O–H groups in total. The van der Waals surface area contributed by atoms with Gasteiger partial charge in [0.05, 0.1) is 0 Å². The molecule has 4 nitrogen and oxygen atoms in total. The average molecular weight is 182 g/mol. The minimum atomic E-state index is 0. The SMILES string of the molecule is CCNCC.CCNCC.O.O. The molecule has 0 aliphatic carbocycles. The summed E-state index contributed by atoms with van der Waals surface area (Å²) < 4.78 is 0. The monoisotopic (exact) mass is 182 g/mol. The fraction of sp³-hybridized carbons (Fsp3) is 1.00. The Bertz CT molecular complexity index is 36.0. The minimum absolute atomic E-state index is 0. The highest BCUT2D eigenvalue weighted by atomic mass is 16.0. The lowest BCUT2D eigenvalue weighted by Gasteiger charge is -1.86. The fourth-order valence-electron chi connectivity index (χ4n) is 0.500. The quantitative estimate of drug-likeness (QED) is 0.618. The molecule has 0 spiro atoms. The zero-order chi connectivity index (χ0) is 8.24. The van der Waals surface area contributed by atoms with Gasteiger partial charge in [-0.3, -0.25) is 0 Å². The molecule has 4 heteroatoms. The van der Waals surface area contributed by atoms with Crippen LogP contribution in [-0.4, -0.2) is 37.1 Å². The molecule has 80 valence electrons. The molecule has 12 heavy (non-hydrogen) atoms. The Labute approximate surface area is 76.4 Å². The van der Waals surface area contributed by atoms with Crippen molar-refractivity contribution in [1.82, 2.24) is 10.6 Å². The topological polar surface area (TPSA) is 87.1 Å². The lowest BCUT2D eigenvalue weighted by molar-refractivity contribution is 0.762. The molecule has 0 unspecified atom stereocenters. The highest BCUT2D eigenvalue weighted by molar-refractivity contribution is 4.28. The van der Waals surface area contributed by atoms with Crippen LogP contribution in [0.4, 0.5) is 0 Å². The molecule has 0 aliphatic heterocycles. The molecule has 0 amide bonds. The van der Waals surface area contributed by atoms with Crippen LogP contribution in [0, 0.1) is 0 Å². The Morgan fingerprint density at radius 3 is 0.750 bits per heavy atom. The Balaban J connectivity index is -0.0000000457. The summed E-state index contributed by atoms with van der Waals surface area (Å²) in [6.07, 6.45) is 0. The standard InChI is InChI=1S/2C4H11N.2H2O/c2*1-3-5-4-2;;/h2*5H,3-4H2,1-2H3;2*1H2. The summed E-state index contributed by atoms with van der Waals surface area (Å²) in [5, 5.41) is 6.22. The van der Waals surface area contributed by atoms with E-state index in [2.05, 4.69) is 38.3 Å². The van der Waals surface area contributed by atoms with Gasteiger partial charge in [0.25, 0.3) is 0 Å². The van der Waals surface area contributed by atoms with Crippen LogP contribution in [0.25, 0.3) is 0 Å². The second kappa shape index (κ2) is 30.8. The van der Waals surface area contributed by atoms with Crippen LogP contribution < -0.4 is 10.6 Å². The maximum atomic E-state index is 3.11. The third-order valence-corrected chi connectivity index (χ3v) is 1.000. The molecule has 0 rings (SSSR count). The van der Waals surface area contributed by atoms with E-state index in [0.29, 0.717) is 0 Å². The second-order valence-electron chi connectivity index (χ2n) is 1.91. The van der Waals surface area contributed by atoms with Gasteiger partial charge in [-0.25, -0.2) is 0 Å². The van der Waals surface area contributed by atoms with E-state index in [1.807, 2.05) is 0 Å². The van der Waals surface area contributed by atoms with Crippen molar-refractivity contribution in [1.29, 1.82) is 0 Å². The predicted molar refractivity (Wildman–Crippen MR) is 55.7 cm³/mol.